The second-order valence-electron chi connectivity index (χ2n) is 5.86. The Morgan fingerprint density at radius 3 is 2.62 bits per heavy atom. The summed E-state index contributed by atoms with van der Waals surface area (Å²) in [5, 5.41) is 3.39. The Balaban J connectivity index is 2.03. The zero-order valence-electron chi connectivity index (χ0n) is 13.1. The van der Waals surface area contributed by atoms with Crippen molar-refractivity contribution in [2.75, 3.05) is 33.0 Å². The molecule has 2 heterocycles. The van der Waals surface area contributed by atoms with Gasteiger partial charge in [-0.25, -0.2) is 17.7 Å². The van der Waals surface area contributed by atoms with E-state index in [0.29, 0.717) is 12.1 Å². The van der Waals surface area contributed by atoms with Crippen LogP contribution in [-0.2, 0) is 10.0 Å². The highest BCUT2D eigenvalue weighted by molar-refractivity contribution is 7.89. The van der Waals surface area contributed by atoms with Gasteiger partial charge in [0.2, 0.25) is 10.0 Å². The zero-order chi connectivity index (χ0) is 15.6. The van der Waals surface area contributed by atoms with Gasteiger partial charge in [-0.3, -0.25) is 0 Å². The average Bonchev–Trinajstić information content (AvgIpc) is 2.43. The summed E-state index contributed by atoms with van der Waals surface area (Å²) in [5.74, 6) is 0.731. The average molecular weight is 312 g/mol. The largest absolute Gasteiger partial charge is 0.367 e. The fraction of sp³-hybridized carbons (Fsp3) is 0.643. The molecule has 0 bridgehead atoms. The predicted octanol–water partition coefficient (Wildman–Crippen LogP) is 1.23. The van der Waals surface area contributed by atoms with E-state index in [9.17, 15) is 8.42 Å². The maximum absolute atomic E-state index is 12.0. The Morgan fingerprint density at radius 1 is 1.38 bits per heavy atom. The van der Waals surface area contributed by atoms with Crippen LogP contribution in [0, 0.1) is 0 Å². The lowest BCUT2D eigenvalue weighted by atomic mass is 9.99. The van der Waals surface area contributed by atoms with Crippen molar-refractivity contribution < 1.29 is 8.42 Å². The quantitative estimate of drug-likeness (QED) is 0.906. The minimum Gasteiger partial charge on any atom is -0.367 e. The third-order valence-electron chi connectivity index (χ3n) is 4.08. The minimum atomic E-state index is -3.41. The van der Waals surface area contributed by atoms with E-state index in [1.54, 1.807) is 12.1 Å². The molecule has 2 rings (SSSR count). The normalized spacial score (nSPS) is 24.2. The Kier molecular flexibility index (Phi) is 4.85. The molecule has 1 aliphatic rings. The topological polar surface area (TPSA) is 65.5 Å². The van der Waals surface area contributed by atoms with Crippen LogP contribution in [0.3, 0.4) is 0 Å². The molecule has 2 unspecified atom stereocenters. The van der Waals surface area contributed by atoms with Crippen LogP contribution in [0.5, 0.6) is 0 Å². The lowest BCUT2D eigenvalue weighted by Crippen LogP contribution is -2.42. The van der Waals surface area contributed by atoms with Crippen LogP contribution in [0.2, 0.25) is 0 Å². The summed E-state index contributed by atoms with van der Waals surface area (Å²) in [6.45, 7) is 3.28. The van der Waals surface area contributed by atoms with Crippen molar-refractivity contribution in [1.82, 2.24) is 14.2 Å². The number of anilines is 1. The lowest BCUT2D eigenvalue weighted by molar-refractivity contribution is 0.190. The van der Waals surface area contributed by atoms with Gasteiger partial charge in [-0.15, -0.1) is 0 Å². The molecule has 6 nitrogen and oxygen atoms in total. The van der Waals surface area contributed by atoms with Crippen LogP contribution < -0.4 is 5.32 Å². The number of nitrogens with zero attached hydrogens (tertiary/aromatic N) is 3. The molecular weight excluding hydrogens is 288 g/mol. The van der Waals surface area contributed by atoms with E-state index in [-0.39, 0.29) is 4.90 Å². The van der Waals surface area contributed by atoms with Crippen molar-refractivity contribution in [3.05, 3.63) is 18.3 Å². The van der Waals surface area contributed by atoms with Crippen LogP contribution in [-0.4, -0.2) is 62.4 Å². The van der Waals surface area contributed by atoms with E-state index in [0.717, 1.165) is 25.2 Å². The molecule has 0 aromatic carbocycles. The number of likely N-dealkylation sites (tertiary alicyclic amines) is 1. The maximum Gasteiger partial charge on any atom is 0.244 e. The molecule has 1 fully saturated rings. The van der Waals surface area contributed by atoms with Gasteiger partial charge in [0, 0.05) is 38.9 Å². The number of nitrogens with one attached hydrogen (secondary N) is 1. The molecule has 21 heavy (non-hydrogen) atoms. The second kappa shape index (κ2) is 6.29. The highest BCUT2D eigenvalue weighted by atomic mass is 32.2. The van der Waals surface area contributed by atoms with Crippen LogP contribution in [0.1, 0.15) is 19.8 Å². The Hall–Kier alpha value is -1.18. The SMILES string of the molecule is CC1CC(Nc2ccc(S(=O)(=O)N(C)C)cn2)CCN1C. The van der Waals surface area contributed by atoms with Crippen LogP contribution in [0.15, 0.2) is 23.2 Å². The van der Waals surface area contributed by atoms with E-state index >= 15 is 0 Å². The standard InChI is InChI=1S/C14H24N4O2S/c1-11-9-12(7-8-18(11)4)16-14-6-5-13(10-15-14)21(19,20)17(2)3/h5-6,10-12H,7-9H2,1-4H3,(H,15,16). The smallest absolute Gasteiger partial charge is 0.244 e. The van der Waals surface area contributed by atoms with Crippen molar-refractivity contribution in [2.24, 2.45) is 0 Å². The van der Waals surface area contributed by atoms with Crippen LogP contribution >= 0.6 is 0 Å². The first kappa shape index (κ1) is 16.2. The summed E-state index contributed by atoms with van der Waals surface area (Å²) >= 11 is 0. The summed E-state index contributed by atoms with van der Waals surface area (Å²) in [4.78, 5) is 6.80. The van der Waals surface area contributed by atoms with Gasteiger partial charge in [0.1, 0.15) is 10.7 Å². The number of hydrogen-bond acceptors (Lipinski definition) is 5. The minimum absolute atomic E-state index is 0.217. The summed E-state index contributed by atoms with van der Waals surface area (Å²) in [6.07, 6.45) is 3.55. The highest BCUT2D eigenvalue weighted by Crippen LogP contribution is 2.20. The molecule has 2 atom stereocenters. The number of rotatable bonds is 4. The molecule has 0 saturated carbocycles. The Labute approximate surface area is 127 Å². The van der Waals surface area contributed by atoms with Gasteiger partial charge in [0.05, 0.1) is 0 Å². The van der Waals surface area contributed by atoms with Gasteiger partial charge in [-0.1, -0.05) is 0 Å². The van der Waals surface area contributed by atoms with E-state index < -0.39 is 10.0 Å². The summed E-state index contributed by atoms with van der Waals surface area (Å²) < 4.78 is 25.1. The third kappa shape index (κ3) is 3.72. The molecule has 1 aromatic heterocycles. The molecule has 0 radical (unpaired) electrons. The van der Waals surface area contributed by atoms with Crippen molar-refractivity contribution in [3.8, 4) is 0 Å². The Morgan fingerprint density at radius 2 is 2.10 bits per heavy atom. The third-order valence-corrected chi connectivity index (χ3v) is 5.87. The number of aromatic nitrogens is 1. The molecule has 1 aromatic rings. The highest BCUT2D eigenvalue weighted by Gasteiger charge is 2.23. The fourth-order valence-corrected chi connectivity index (χ4v) is 3.31. The molecule has 0 amide bonds. The van der Waals surface area contributed by atoms with E-state index in [1.807, 2.05) is 0 Å². The molecule has 1 saturated heterocycles. The lowest BCUT2D eigenvalue weighted by Gasteiger charge is -2.35. The first-order valence-electron chi connectivity index (χ1n) is 7.16. The zero-order valence-corrected chi connectivity index (χ0v) is 13.9. The molecule has 1 aliphatic heterocycles. The fourth-order valence-electron chi connectivity index (χ4n) is 2.46. The van der Waals surface area contributed by atoms with Gasteiger partial charge >= 0.3 is 0 Å². The van der Waals surface area contributed by atoms with Gasteiger partial charge in [-0.05, 0) is 38.9 Å². The number of hydrogen-bond donors (Lipinski definition) is 1. The number of piperidine rings is 1. The van der Waals surface area contributed by atoms with Crippen molar-refractivity contribution >= 4 is 15.8 Å². The van der Waals surface area contributed by atoms with Crippen molar-refractivity contribution in [1.29, 1.82) is 0 Å². The summed E-state index contributed by atoms with van der Waals surface area (Å²) in [5.41, 5.74) is 0. The van der Waals surface area contributed by atoms with Crippen LogP contribution in [0.4, 0.5) is 5.82 Å². The van der Waals surface area contributed by atoms with Gasteiger partial charge in [0.15, 0.2) is 0 Å². The summed E-state index contributed by atoms with van der Waals surface area (Å²) in [7, 11) is 1.76. The van der Waals surface area contributed by atoms with Gasteiger partial charge < -0.3 is 10.2 Å². The monoisotopic (exact) mass is 312 g/mol. The van der Waals surface area contributed by atoms with Crippen LogP contribution in [0.25, 0.3) is 0 Å². The first-order valence-corrected chi connectivity index (χ1v) is 8.60. The predicted molar refractivity (Wildman–Crippen MR) is 83.8 cm³/mol. The molecule has 0 spiro atoms. The number of sulfonamides is 1. The molecule has 7 heteroatoms. The maximum atomic E-state index is 12.0. The van der Waals surface area contributed by atoms with E-state index in [2.05, 4.69) is 29.2 Å². The molecular formula is C14H24N4O2S. The summed E-state index contributed by atoms with van der Waals surface area (Å²) in [6, 6.07) is 4.27. The first-order chi connectivity index (χ1) is 9.80. The number of pyridine rings is 1. The van der Waals surface area contributed by atoms with E-state index in [1.165, 1.54) is 24.6 Å². The molecule has 0 aliphatic carbocycles. The van der Waals surface area contributed by atoms with Crippen molar-refractivity contribution in [3.63, 3.8) is 0 Å². The molecule has 118 valence electrons. The second-order valence-corrected chi connectivity index (χ2v) is 8.01. The molecule has 1 N–H and O–H groups in total. The van der Waals surface area contributed by atoms with Gasteiger partial charge in [-0.2, -0.15) is 0 Å². The van der Waals surface area contributed by atoms with E-state index in [4.69, 9.17) is 0 Å². The van der Waals surface area contributed by atoms with Gasteiger partial charge in [0.25, 0.3) is 0 Å². The Bertz CT molecular complexity index is 571. The van der Waals surface area contributed by atoms with Crippen molar-refractivity contribution in [2.45, 2.75) is 36.7 Å².